The second kappa shape index (κ2) is 4.38. The van der Waals surface area contributed by atoms with E-state index in [0.29, 0.717) is 11.3 Å². The predicted molar refractivity (Wildman–Crippen MR) is 56.4 cm³/mol. The van der Waals surface area contributed by atoms with Gasteiger partial charge in [0.05, 0.1) is 7.11 Å². The zero-order valence-corrected chi connectivity index (χ0v) is 9.60. The van der Waals surface area contributed by atoms with Crippen molar-refractivity contribution in [2.75, 3.05) is 7.11 Å². The largest absolute Gasteiger partial charge is 0.497 e. The molecule has 1 atom stereocenters. The Balaban J connectivity index is 3.08. The number of hydrogen-bond donors (Lipinski definition) is 0. The zero-order chi connectivity index (χ0) is 10.8. The molecule has 6 heteroatoms. The number of methoxy groups -OCH3 is 1. The average molecular weight is 255 g/mol. The van der Waals surface area contributed by atoms with Crippen LogP contribution in [0.3, 0.4) is 0 Å². The molecule has 0 heterocycles. The van der Waals surface area contributed by atoms with Crippen LogP contribution in [0.15, 0.2) is 24.3 Å². The van der Waals surface area contributed by atoms with Gasteiger partial charge in [-0.2, -0.15) is 0 Å². The van der Waals surface area contributed by atoms with Gasteiger partial charge in [-0.25, -0.2) is 8.42 Å². The molecule has 14 heavy (non-hydrogen) atoms. The molecule has 1 aromatic carbocycles. The highest BCUT2D eigenvalue weighted by Crippen LogP contribution is 2.31. The lowest BCUT2D eigenvalue weighted by Crippen LogP contribution is -2.00. The Kier molecular flexibility index (Phi) is 3.64. The lowest BCUT2D eigenvalue weighted by molar-refractivity contribution is 0.414. The van der Waals surface area contributed by atoms with Gasteiger partial charge in [-0.05, 0) is 17.7 Å². The van der Waals surface area contributed by atoms with Crippen molar-refractivity contribution in [3.05, 3.63) is 29.8 Å². The van der Waals surface area contributed by atoms with Gasteiger partial charge in [-0.3, -0.25) is 0 Å². The van der Waals surface area contributed by atoms with Crippen molar-refractivity contribution in [3.63, 3.8) is 0 Å². The Morgan fingerprint density at radius 3 is 2.57 bits per heavy atom. The molecule has 0 aromatic heterocycles. The van der Waals surface area contributed by atoms with Crippen LogP contribution in [0.1, 0.15) is 10.3 Å². The van der Waals surface area contributed by atoms with Gasteiger partial charge in [0.2, 0.25) is 0 Å². The van der Waals surface area contributed by atoms with Gasteiger partial charge >= 0.3 is 0 Å². The molecule has 0 spiro atoms. The minimum atomic E-state index is -3.80. The van der Waals surface area contributed by atoms with Crippen molar-refractivity contribution in [1.82, 2.24) is 0 Å². The number of rotatable bonds is 3. The fraction of sp³-hybridized carbons (Fsp3) is 0.250. The second-order valence-corrected chi connectivity index (χ2v) is 5.98. The van der Waals surface area contributed by atoms with Gasteiger partial charge in [0.15, 0.2) is 4.71 Å². The highest BCUT2D eigenvalue weighted by atomic mass is 35.7. The van der Waals surface area contributed by atoms with Gasteiger partial charge in [-0.15, -0.1) is 0 Å². The molecule has 1 aromatic rings. The van der Waals surface area contributed by atoms with Crippen molar-refractivity contribution in [3.8, 4) is 5.75 Å². The summed E-state index contributed by atoms with van der Waals surface area (Å²) in [6.45, 7) is 0. The summed E-state index contributed by atoms with van der Waals surface area (Å²) in [5.74, 6) is 0.536. The molecule has 0 saturated carbocycles. The summed E-state index contributed by atoms with van der Waals surface area (Å²) in [5.41, 5.74) is 0.390. The quantitative estimate of drug-likeness (QED) is 0.615. The zero-order valence-electron chi connectivity index (χ0n) is 7.28. The molecule has 0 aliphatic rings. The van der Waals surface area contributed by atoms with E-state index in [1.165, 1.54) is 13.2 Å². The van der Waals surface area contributed by atoms with E-state index in [0.717, 1.165) is 0 Å². The predicted octanol–water partition coefficient (Wildman–Crippen LogP) is 2.50. The first-order chi connectivity index (χ1) is 6.45. The molecular weight excluding hydrogens is 247 g/mol. The number of benzene rings is 1. The summed E-state index contributed by atoms with van der Waals surface area (Å²) in [6, 6.07) is 6.43. The molecule has 0 fully saturated rings. The number of hydrogen-bond acceptors (Lipinski definition) is 3. The maximum atomic E-state index is 10.9. The molecule has 0 bridgehead atoms. The van der Waals surface area contributed by atoms with Crippen LogP contribution in [-0.2, 0) is 9.05 Å². The van der Waals surface area contributed by atoms with Crippen LogP contribution >= 0.6 is 22.3 Å². The smallest absolute Gasteiger partial charge is 0.253 e. The van der Waals surface area contributed by atoms with E-state index in [9.17, 15) is 8.42 Å². The van der Waals surface area contributed by atoms with Crippen LogP contribution in [0.2, 0.25) is 0 Å². The molecule has 0 N–H and O–H groups in total. The Hall–Kier alpha value is -0.450. The summed E-state index contributed by atoms with van der Waals surface area (Å²) >= 11 is 5.64. The van der Waals surface area contributed by atoms with Crippen LogP contribution in [0, 0.1) is 0 Å². The summed E-state index contributed by atoms with van der Waals surface area (Å²) in [6.07, 6.45) is 0. The molecule has 1 rings (SSSR count). The third-order valence-corrected chi connectivity index (χ3v) is 4.13. The van der Waals surface area contributed by atoms with Crippen LogP contribution < -0.4 is 4.74 Å². The molecular formula is C8H8Cl2O3S. The highest BCUT2D eigenvalue weighted by Gasteiger charge is 2.22. The van der Waals surface area contributed by atoms with Gasteiger partial charge in [-0.1, -0.05) is 23.7 Å². The van der Waals surface area contributed by atoms with Crippen LogP contribution in [-0.4, -0.2) is 15.5 Å². The molecule has 3 nitrogen and oxygen atoms in total. The Labute approximate surface area is 92.0 Å². The molecule has 0 aliphatic carbocycles. The average Bonchev–Trinajstić information content (AvgIpc) is 2.15. The minimum Gasteiger partial charge on any atom is -0.497 e. The Morgan fingerprint density at radius 2 is 2.07 bits per heavy atom. The van der Waals surface area contributed by atoms with E-state index in [4.69, 9.17) is 27.0 Å². The van der Waals surface area contributed by atoms with Gasteiger partial charge < -0.3 is 4.74 Å². The topological polar surface area (TPSA) is 43.4 Å². The SMILES string of the molecule is COc1cccc(C(Cl)S(=O)(=O)Cl)c1. The highest BCUT2D eigenvalue weighted by molar-refractivity contribution is 8.14. The number of alkyl halides is 1. The lowest BCUT2D eigenvalue weighted by atomic mass is 10.2. The van der Waals surface area contributed by atoms with E-state index in [2.05, 4.69) is 0 Å². The van der Waals surface area contributed by atoms with Crippen LogP contribution in [0.25, 0.3) is 0 Å². The third kappa shape index (κ3) is 2.77. The van der Waals surface area contributed by atoms with Crippen molar-refractivity contribution in [2.45, 2.75) is 4.71 Å². The van der Waals surface area contributed by atoms with E-state index in [1.807, 2.05) is 0 Å². The molecule has 1 unspecified atom stereocenters. The molecule has 0 radical (unpaired) electrons. The standard InChI is InChI=1S/C8H8Cl2O3S/c1-13-7-4-2-3-6(5-7)8(9)14(10,11)12/h2-5,8H,1H3. The van der Waals surface area contributed by atoms with E-state index in [1.54, 1.807) is 18.2 Å². The second-order valence-electron chi connectivity index (χ2n) is 2.57. The number of ether oxygens (including phenoxy) is 1. The van der Waals surface area contributed by atoms with Crippen molar-refractivity contribution in [2.24, 2.45) is 0 Å². The minimum absolute atomic E-state index is 0.390. The monoisotopic (exact) mass is 254 g/mol. The van der Waals surface area contributed by atoms with Crippen molar-refractivity contribution >= 4 is 31.3 Å². The molecule has 0 aliphatic heterocycles. The third-order valence-electron chi connectivity index (χ3n) is 1.60. The van der Waals surface area contributed by atoms with Gasteiger partial charge in [0, 0.05) is 10.7 Å². The maximum absolute atomic E-state index is 10.9. The summed E-state index contributed by atoms with van der Waals surface area (Å²) < 4.78 is 25.5. The lowest BCUT2D eigenvalue weighted by Gasteiger charge is -2.07. The van der Waals surface area contributed by atoms with Crippen LogP contribution in [0.5, 0.6) is 5.75 Å². The Morgan fingerprint density at radius 1 is 1.43 bits per heavy atom. The van der Waals surface area contributed by atoms with Crippen LogP contribution in [0.4, 0.5) is 0 Å². The number of halogens is 2. The molecule has 0 saturated heterocycles. The summed E-state index contributed by atoms with van der Waals surface area (Å²) in [4.78, 5) is 0. The summed E-state index contributed by atoms with van der Waals surface area (Å²) in [7, 11) is 2.80. The fourth-order valence-corrected chi connectivity index (χ4v) is 1.86. The first-order valence-electron chi connectivity index (χ1n) is 3.66. The van der Waals surface area contributed by atoms with Gasteiger partial charge in [0.1, 0.15) is 5.75 Å². The Bertz CT molecular complexity index is 416. The van der Waals surface area contributed by atoms with Crippen molar-refractivity contribution < 1.29 is 13.2 Å². The van der Waals surface area contributed by atoms with Gasteiger partial charge in [0.25, 0.3) is 9.05 Å². The molecule has 78 valence electrons. The van der Waals surface area contributed by atoms with E-state index in [-0.39, 0.29) is 0 Å². The maximum Gasteiger partial charge on any atom is 0.253 e. The normalized spacial score (nSPS) is 13.6. The fourth-order valence-electron chi connectivity index (χ4n) is 0.945. The first kappa shape index (κ1) is 11.6. The summed E-state index contributed by atoms with van der Waals surface area (Å²) in [5, 5.41) is 0. The molecule has 0 amide bonds. The van der Waals surface area contributed by atoms with E-state index >= 15 is 0 Å². The van der Waals surface area contributed by atoms with Crippen molar-refractivity contribution in [1.29, 1.82) is 0 Å². The van der Waals surface area contributed by atoms with E-state index < -0.39 is 13.8 Å². The first-order valence-corrected chi connectivity index (χ1v) is 6.47.